The minimum Gasteiger partial charge on any atom is -0.346 e. The molecule has 3 nitrogen and oxygen atoms in total. The molecule has 1 atom stereocenters. The first-order valence-corrected chi connectivity index (χ1v) is 8.24. The van der Waals surface area contributed by atoms with Crippen molar-refractivity contribution in [2.24, 2.45) is 0 Å². The Bertz CT molecular complexity index is 661. The van der Waals surface area contributed by atoms with E-state index in [2.05, 4.69) is 35.3 Å². The molecule has 0 spiro atoms. The lowest BCUT2D eigenvalue weighted by Gasteiger charge is -2.23. The highest BCUT2D eigenvalue weighted by Gasteiger charge is 2.21. The van der Waals surface area contributed by atoms with Crippen molar-refractivity contribution in [2.45, 2.75) is 6.04 Å². The maximum Gasteiger partial charge on any atom is 0.251 e. The molecule has 0 saturated heterocycles. The van der Waals surface area contributed by atoms with E-state index in [1.54, 1.807) is 6.07 Å². The van der Waals surface area contributed by atoms with Gasteiger partial charge in [-0.05, 0) is 24.3 Å². The van der Waals surface area contributed by atoms with E-state index in [1.165, 1.54) is 4.90 Å². The van der Waals surface area contributed by atoms with E-state index >= 15 is 0 Å². The fourth-order valence-electron chi connectivity index (χ4n) is 2.31. The van der Waals surface area contributed by atoms with Crippen LogP contribution in [0.2, 0.25) is 5.02 Å². The average Bonchev–Trinajstić information content (AvgIpc) is 2.48. The van der Waals surface area contributed by atoms with Gasteiger partial charge in [-0.15, -0.1) is 0 Å². The summed E-state index contributed by atoms with van der Waals surface area (Å²) in [5.74, 6) is -0.0837. The lowest BCUT2D eigenvalue weighted by Crippen LogP contribution is -3.07. The number of carbonyl (C=O) groups excluding carboxylic acids is 1. The van der Waals surface area contributed by atoms with Gasteiger partial charge in [0.2, 0.25) is 0 Å². The van der Waals surface area contributed by atoms with E-state index < -0.39 is 0 Å². The molecule has 0 fully saturated rings. The van der Waals surface area contributed by atoms with Gasteiger partial charge < -0.3 is 10.2 Å². The monoisotopic (exact) mass is 381 g/mol. The minimum absolute atomic E-state index is 0.0837. The molecular formula is C17H19BrClN2O+. The van der Waals surface area contributed by atoms with E-state index in [9.17, 15) is 4.79 Å². The van der Waals surface area contributed by atoms with Crippen molar-refractivity contribution >= 4 is 33.4 Å². The first-order chi connectivity index (χ1) is 10.5. The molecule has 0 bridgehead atoms. The summed E-state index contributed by atoms with van der Waals surface area (Å²) in [6.45, 7) is 0.525. The van der Waals surface area contributed by atoms with Crippen LogP contribution in [0.3, 0.4) is 0 Å². The number of nitrogens with one attached hydrogen (secondary N) is 2. The number of hydrogen-bond acceptors (Lipinski definition) is 1. The van der Waals surface area contributed by atoms with Gasteiger partial charge in [0.25, 0.3) is 5.91 Å². The van der Waals surface area contributed by atoms with Crippen molar-refractivity contribution in [1.29, 1.82) is 0 Å². The smallest absolute Gasteiger partial charge is 0.251 e. The summed E-state index contributed by atoms with van der Waals surface area (Å²) in [7, 11) is 4.11. The van der Waals surface area contributed by atoms with Crippen LogP contribution in [0.4, 0.5) is 0 Å². The third-order valence-electron chi connectivity index (χ3n) is 3.53. The van der Waals surface area contributed by atoms with E-state index in [4.69, 9.17) is 11.6 Å². The van der Waals surface area contributed by atoms with Gasteiger partial charge in [-0.2, -0.15) is 0 Å². The largest absolute Gasteiger partial charge is 0.346 e. The van der Waals surface area contributed by atoms with E-state index in [0.717, 1.165) is 15.1 Å². The third-order valence-corrected chi connectivity index (χ3v) is 4.37. The number of carbonyl (C=O) groups is 1. The van der Waals surface area contributed by atoms with Gasteiger partial charge in [0, 0.05) is 20.6 Å². The molecule has 0 aliphatic heterocycles. The zero-order valence-electron chi connectivity index (χ0n) is 12.6. The van der Waals surface area contributed by atoms with Crippen LogP contribution in [0.1, 0.15) is 22.0 Å². The second-order valence-electron chi connectivity index (χ2n) is 5.37. The Morgan fingerprint density at radius 1 is 1.23 bits per heavy atom. The van der Waals surface area contributed by atoms with E-state index in [-0.39, 0.29) is 11.9 Å². The number of amides is 1. The molecule has 5 heteroatoms. The molecule has 2 aromatic carbocycles. The molecule has 0 aromatic heterocycles. The van der Waals surface area contributed by atoms with Crippen LogP contribution >= 0.6 is 27.5 Å². The maximum absolute atomic E-state index is 12.3. The summed E-state index contributed by atoms with van der Waals surface area (Å²) < 4.78 is 0.890. The first kappa shape index (κ1) is 17.0. The molecule has 0 aliphatic rings. The summed E-state index contributed by atoms with van der Waals surface area (Å²) in [5.41, 5.74) is 1.68. The lowest BCUT2D eigenvalue weighted by atomic mass is 10.1. The lowest BCUT2D eigenvalue weighted by molar-refractivity contribution is -0.890. The van der Waals surface area contributed by atoms with Crippen LogP contribution < -0.4 is 10.2 Å². The Kier molecular flexibility index (Phi) is 6.00. The summed E-state index contributed by atoms with van der Waals surface area (Å²) in [4.78, 5) is 13.5. The van der Waals surface area contributed by atoms with Crippen LogP contribution in [-0.2, 0) is 0 Å². The van der Waals surface area contributed by atoms with Crippen LogP contribution in [0, 0.1) is 0 Å². The molecular weight excluding hydrogens is 364 g/mol. The number of hydrogen-bond donors (Lipinski definition) is 2. The van der Waals surface area contributed by atoms with Crippen LogP contribution in [0.15, 0.2) is 53.0 Å². The summed E-state index contributed by atoms with van der Waals surface area (Å²) in [6, 6.07) is 15.2. The fraction of sp³-hybridized carbons (Fsp3) is 0.235. The van der Waals surface area contributed by atoms with E-state index in [1.807, 2.05) is 42.5 Å². The topological polar surface area (TPSA) is 33.5 Å². The third kappa shape index (κ3) is 4.32. The quantitative estimate of drug-likeness (QED) is 0.819. The molecule has 0 heterocycles. The second-order valence-corrected chi connectivity index (χ2v) is 6.69. The highest BCUT2D eigenvalue weighted by molar-refractivity contribution is 9.10. The van der Waals surface area contributed by atoms with Crippen molar-refractivity contribution < 1.29 is 9.69 Å². The minimum atomic E-state index is -0.0837. The molecule has 0 unspecified atom stereocenters. The predicted octanol–water partition coefficient (Wildman–Crippen LogP) is 2.72. The summed E-state index contributed by atoms with van der Waals surface area (Å²) >= 11 is 9.66. The zero-order valence-corrected chi connectivity index (χ0v) is 14.9. The highest BCUT2D eigenvalue weighted by atomic mass is 79.9. The molecule has 22 heavy (non-hydrogen) atoms. The standard InChI is InChI=1S/C17H18BrClN2O/c1-21(2)16(14-8-3-4-9-15(14)19)11-20-17(22)12-6-5-7-13(18)10-12/h3-10,16H,11H2,1-2H3,(H,20,22)/p+1/t16-/m0/s1. The number of rotatable bonds is 5. The zero-order chi connectivity index (χ0) is 16.1. The maximum atomic E-state index is 12.3. The molecule has 2 rings (SSSR count). The van der Waals surface area contributed by atoms with Crippen molar-refractivity contribution in [3.63, 3.8) is 0 Å². The Hall–Kier alpha value is -1.36. The molecule has 1 amide bonds. The normalized spacial score (nSPS) is 12.2. The average molecular weight is 383 g/mol. The van der Waals surface area contributed by atoms with Crippen molar-refractivity contribution in [1.82, 2.24) is 5.32 Å². The SMILES string of the molecule is C[NH+](C)[C@@H](CNC(=O)c1cccc(Br)c1)c1ccccc1Cl. The molecule has 2 N–H and O–H groups in total. The Morgan fingerprint density at radius 3 is 2.59 bits per heavy atom. The van der Waals surface area contributed by atoms with Crippen molar-refractivity contribution in [2.75, 3.05) is 20.6 Å². The molecule has 0 saturated carbocycles. The molecule has 2 aromatic rings. The van der Waals surface area contributed by atoms with Gasteiger partial charge in [-0.3, -0.25) is 4.79 Å². The Labute approximate surface area is 144 Å². The highest BCUT2D eigenvalue weighted by Crippen LogP contribution is 2.20. The summed E-state index contributed by atoms with van der Waals surface area (Å²) in [6.07, 6.45) is 0. The first-order valence-electron chi connectivity index (χ1n) is 7.07. The number of quaternary nitrogens is 1. The fourth-order valence-corrected chi connectivity index (χ4v) is 2.98. The number of halogens is 2. The molecule has 116 valence electrons. The van der Waals surface area contributed by atoms with Gasteiger partial charge in [0.1, 0.15) is 6.04 Å². The number of likely N-dealkylation sites (N-methyl/N-ethyl adjacent to an activating group) is 1. The summed E-state index contributed by atoms with van der Waals surface area (Å²) in [5, 5.41) is 3.72. The van der Waals surface area contributed by atoms with Gasteiger partial charge >= 0.3 is 0 Å². The Morgan fingerprint density at radius 2 is 1.95 bits per heavy atom. The molecule has 0 aliphatic carbocycles. The Balaban J connectivity index is 2.10. The van der Waals surface area contributed by atoms with Crippen LogP contribution in [0.25, 0.3) is 0 Å². The van der Waals surface area contributed by atoms with Crippen molar-refractivity contribution in [3.05, 3.63) is 69.2 Å². The molecule has 0 radical (unpaired) electrons. The predicted molar refractivity (Wildman–Crippen MR) is 93.5 cm³/mol. The number of benzene rings is 2. The van der Waals surface area contributed by atoms with Gasteiger partial charge in [0.15, 0.2) is 0 Å². The second kappa shape index (κ2) is 7.77. The van der Waals surface area contributed by atoms with E-state index in [0.29, 0.717) is 12.1 Å². The van der Waals surface area contributed by atoms with Crippen LogP contribution in [0.5, 0.6) is 0 Å². The van der Waals surface area contributed by atoms with Crippen molar-refractivity contribution in [3.8, 4) is 0 Å². The van der Waals surface area contributed by atoms with Gasteiger partial charge in [-0.1, -0.05) is 51.8 Å². The van der Waals surface area contributed by atoms with Crippen LogP contribution in [-0.4, -0.2) is 26.5 Å². The van der Waals surface area contributed by atoms with Gasteiger partial charge in [0.05, 0.1) is 20.6 Å². The van der Waals surface area contributed by atoms with Gasteiger partial charge in [-0.25, -0.2) is 0 Å².